The number of carbonyl (C=O) groups is 1. The van der Waals surface area contributed by atoms with Gasteiger partial charge in [-0.3, -0.25) is 4.79 Å². The average Bonchev–Trinajstić information content (AvgIpc) is 2.49. The third-order valence-corrected chi connectivity index (χ3v) is 3.57. The van der Waals surface area contributed by atoms with Crippen molar-refractivity contribution in [2.75, 3.05) is 19.0 Å². The van der Waals surface area contributed by atoms with Gasteiger partial charge in [0.15, 0.2) is 0 Å². The molecule has 0 radical (unpaired) electrons. The van der Waals surface area contributed by atoms with Crippen molar-refractivity contribution in [3.63, 3.8) is 0 Å². The monoisotopic (exact) mass is 288 g/mol. The molecule has 5 heteroatoms. The number of hydrogen-bond acceptors (Lipinski definition) is 4. The standard InChI is InChI=1S/C15H16N2O2S/c1-17-15(18)10-7-8-12(11(16)9-10)19-13-5-3-4-6-14(13)20-2/h3-9H,16H2,1-2H3,(H,17,18). The van der Waals surface area contributed by atoms with Crippen LogP contribution in [0.1, 0.15) is 10.4 Å². The first-order chi connectivity index (χ1) is 9.65. The molecule has 0 heterocycles. The Morgan fingerprint density at radius 3 is 2.60 bits per heavy atom. The molecule has 0 aliphatic carbocycles. The minimum atomic E-state index is -0.173. The van der Waals surface area contributed by atoms with Gasteiger partial charge in [0.05, 0.1) is 5.69 Å². The molecule has 104 valence electrons. The Kier molecular flexibility index (Phi) is 4.53. The molecule has 1 amide bonds. The van der Waals surface area contributed by atoms with Gasteiger partial charge in [-0.05, 0) is 36.6 Å². The van der Waals surface area contributed by atoms with E-state index >= 15 is 0 Å². The highest BCUT2D eigenvalue weighted by Gasteiger charge is 2.09. The first-order valence-corrected chi connectivity index (χ1v) is 7.30. The van der Waals surface area contributed by atoms with Crippen molar-refractivity contribution in [1.29, 1.82) is 0 Å². The van der Waals surface area contributed by atoms with Crippen LogP contribution in [0.4, 0.5) is 5.69 Å². The van der Waals surface area contributed by atoms with Gasteiger partial charge in [0, 0.05) is 17.5 Å². The van der Waals surface area contributed by atoms with Gasteiger partial charge in [-0.15, -0.1) is 11.8 Å². The van der Waals surface area contributed by atoms with Crippen molar-refractivity contribution >= 4 is 23.4 Å². The molecular weight excluding hydrogens is 272 g/mol. The van der Waals surface area contributed by atoms with Crippen LogP contribution in [0.3, 0.4) is 0 Å². The van der Waals surface area contributed by atoms with E-state index in [4.69, 9.17) is 10.5 Å². The number of amides is 1. The van der Waals surface area contributed by atoms with Gasteiger partial charge in [-0.25, -0.2) is 0 Å². The summed E-state index contributed by atoms with van der Waals surface area (Å²) in [6.45, 7) is 0. The summed E-state index contributed by atoms with van der Waals surface area (Å²) in [5.41, 5.74) is 6.88. The number of para-hydroxylation sites is 1. The highest BCUT2D eigenvalue weighted by molar-refractivity contribution is 7.98. The molecule has 0 unspecified atom stereocenters. The molecule has 20 heavy (non-hydrogen) atoms. The number of nitrogens with one attached hydrogen (secondary N) is 1. The topological polar surface area (TPSA) is 64.3 Å². The second-order valence-corrected chi connectivity index (χ2v) is 4.93. The van der Waals surface area contributed by atoms with Crippen molar-refractivity contribution in [3.8, 4) is 11.5 Å². The molecule has 2 rings (SSSR count). The number of thioether (sulfide) groups is 1. The zero-order chi connectivity index (χ0) is 14.5. The maximum absolute atomic E-state index is 11.5. The van der Waals surface area contributed by atoms with E-state index in [0.717, 1.165) is 10.6 Å². The van der Waals surface area contributed by atoms with E-state index in [1.165, 1.54) is 0 Å². The number of ether oxygens (including phenoxy) is 1. The van der Waals surface area contributed by atoms with Gasteiger partial charge in [0.2, 0.25) is 0 Å². The maximum atomic E-state index is 11.5. The molecule has 0 fully saturated rings. The fourth-order valence-corrected chi connectivity index (χ4v) is 2.27. The quantitative estimate of drug-likeness (QED) is 0.670. The molecule has 0 aliphatic rings. The summed E-state index contributed by atoms with van der Waals surface area (Å²) >= 11 is 1.60. The minimum absolute atomic E-state index is 0.173. The Hall–Kier alpha value is -2.14. The fraction of sp³-hybridized carbons (Fsp3) is 0.133. The van der Waals surface area contributed by atoms with Crippen molar-refractivity contribution < 1.29 is 9.53 Å². The Morgan fingerprint density at radius 1 is 1.20 bits per heavy atom. The molecule has 0 atom stereocenters. The van der Waals surface area contributed by atoms with Crippen molar-refractivity contribution in [3.05, 3.63) is 48.0 Å². The molecular formula is C15H16N2O2S. The fourth-order valence-electron chi connectivity index (χ4n) is 1.75. The van der Waals surface area contributed by atoms with E-state index in [1.807, 2.05) is 30.5 Å². The van der Waals surface area contributed by atoms with E-state index in [1.54, 1.807) is 37.0 Å². The van der Waals surface area contributed by atoms with E-state index < -0.39 is 0 Å². The summed E-state index contributed by atoms with van der Waals surface area (Å²) in [6.07, 6.45) is 1.99. The van der Waals surface area contributed by atoms with Crippen molar-refractivity contribution in [1.82, 2.24) is 5.32 Å². The van der Waals surface area contributed by atoms with Gasteiger partial charge in [-0.2, -0.15) is 0 Å². The zero-order valence-electron chi connectivity index (χ0n) is 11.3. The van der Waals surface area contributed by atoms with Crippen LogP contribution in [0.5, 0.6) is 11.5 Å². The normalized spacial score (nSPS) is 10.1. The number of rotatable bonds is 4. The van der Waals surface area contributed by atoms with Gasteiger partial charge >= 0.3 is 0 Å². The Labute approximate surface area is 122 Å². The number of nitrogen functional groups attached to an aromatic ring is 1. The number of carbonyl (C=O) groups excluding carboxylic acids is 1. The second-order valence-electron chi connectivity index (χ2n) is 4.08. The van der Waals surface area contributed by atoms with Crippen LogP contribution in [0.2, 0.25) is 0 Å². The van der Waals surface area contributed by atoms with E-state index in [0.29, 0.717) is 17.0 Å². The number of anilines is 1. The van der Waals surface area contributed by atoms with Crippen LogP contribution in [-0.2, 0) is 0 Å². The largest absolute Gasteiger partial charge is 0.454 e. The van der Waals surface area contributed by atoms with E-state index in [9.17, 15) is 4.79 Å². The van der Waals surface area contributed by atoms with E-state index in [-0.39, 0.29) is 5.91 Å². The smallest absolute Gasteiger partial charge is 0.251 e. The number of nitrogens with two attached hydrogens (primary N) is 1. The lowest BCUT2D eigenvalue weighted by molar-refractivity contribution is 0.0963. The highest BCUT2D eigenvalue weighted by atomic mass is 32.2. The number of benzene rings is 2. The Bertz CT molecular complexity index is 629. The van der Waals surface area contributed by atoms with Crippen molar-refractivity contribution in [2.45, 2.75) is 4.90 Å². The molecule has 3 N–H and O–H groups in total. The van der Waals surface area contributed by atoms with Crippen LogP contribution >= 0.6 is 11.8 Å². The predicted octanol–water partition coefficient (Wildman–Crippen LogP) is 3.14. The molecule has 0 bridgehead atoms. The van der Waals surface area contributed by atoms with Gasteiger partial charge in [-0.1, -0.05) is 12.1 Å². The predicted molar refractivity (Wildman–Crippen MR) is 82.5 cm³/mol. The lowest BCUT2D eigenvalue weighted by Crippen LogP contribution is -2.17. The summed E-state index contributed by atoms with van der Waals surface area (Å²) in [5, 5.41) is 2.56. The summed E-state index contributed by atoms with van der Waals surface area (Å²) in [6, 6.07) is 12.7. The van der Waals surface area contributed by atoms with Gasteiger partial charge in [0.1, 0.15) is 11.5 Å². The van der Waals surface area contributed by atoms with Crippen LogP contribution < -0.4 is 15.8 Å². The summed E-state index contributed by atoms with van der Waals surface area (Å²) < 4.78 is 5.82. The zero-order valence-corrected chi connectivity index (χ0v) is 12.2. The van der Waals surface area contributed by atoms with Crippen LogP contribution in [0.15, 0.2) is 47.4 Å². The third kappa shape index (κ3) is 3.05. The lowest BCUT2D eigenvalue weighted by atomic mass is 10.2. The lowest BCUT2D eigenvalue weighted by Gasteiger charge is -2.12. The Balaban J connectivity index is 2.28. The SMILES string of the molecule is CNC(=O)c1ccc(Oc2ccccc2SC)c(N)c1. The van der Waals surface area contributed by atoms with Crippen molar-refractivity contribution in [2.24, 2.45) is 0 Å². The molecule has 0 aromatic heterocycles. The molecule has 0 spiro atoms. The average molecular weight is 288 g/mol. The first kappa shape index (κ1) is 14.3. The van der Waals surface area contributed by atoms with Gasteiger partial charge < -0.3 is 15.8 Å². The second kappa shape index (κ2) is 6.34. The summed E-state index contributed by atoms with van der Waals surface area (Å²) in [4.78, 5) is 12.6. The Morgan fingerprint density at radius 2 is 1.95 bits per heavy atom. The molecule has 2 aromatic carbocycles. The molecule has 0 saturated heterocycles. The van der Waals surface area contributed by atoms with Crippen LogP contribution in [-0.4, -0.2) is 19.2 Å². The first-order valence-electron chi connectivity index (χ1n) is 6.08. The highest BCUT2D eigenvalue weighted by Crippen LogP contribution is 2.34. The minimum Gasteiger partial charge on any atom is -0.454 e. The maximum Gasteiger partial charge on any atom is 0.251 e. The van der Waals surface area contributed by atoms with Crippen LogP contribution in [0.25, 0.3) is 0 Å². The van der Waals surface area contributed by atoms with Crippen LogP contribution in [0, 0.1) is 0 Å². The summed E-state index contributed by atoms with van der Waals surface area (Å²) in [5.74, 6) is 1.12. The molecule has 4 nitrogen and oxygen atoms in total. The third-order valence-electron chi connectivity index (χ3n) is 2.79. The van der Waals surface area contributed by atoms with E-state index in [2.05, 4.69) is 5.32 Å². The molecule has 0 saturated carbocycles. The molecule has 0 aliphatic heterocycles. The van der Waals surface area contributed by atoms with Gasteiger partial charge in [0.25, 0.3) is 5.91 Å². The summed E-state index contributed by atoms with van der Waals surface area (Å²) in [7, 11) is 1.58. The number of hydrogen-bond donors (Lipinski definition) is 2. The molecule has 2 aromatic rings.